The van der Waals surface area contributed by atoms with E-state index >= 15 is 0 Å². The van der Waals surface area contributed by atoms with Crippen molar-refractivity contribution in [3.05, 3.63) is 30.0 Å². The van der Waals surface area contributed by atoms with Crippen molar-refractivity contribution in [3.8, 4) is 0 Å². The van der Waals surface area contributed by atoms with E-state index in [-0.39, 0.29) is 12.5 Å². The van der Waals surface area contributed by atoms with Crippen molar-refractivity contribution in [2.24, 2.45) is 7.05 Å². The maximum Gasteiger partial charge on any atom is 0.389 e. The number of rotatable bonds is 5. The third kappa shape index (κ3) is 3.30. The van der Waals surface area contributed by atoms with E-state index in [0.717, 1.165) is 10.9 Å². The van der Waals surface area contributed by atoms with Gasteiger partial charge < -0.3 is 5.32 Å². The van der Waals surface area contributed by atoms with Gasteiger partial charge in [-0.3, -0.25) is 4.68 Å². The number of fused-ring (bicyclic) bond motifs is 1. The Morgan fingerprint density at radius 1 is 1.30 bits per heavy atom. The minimum absolute atomic E-state index is 0.00164. The zero-order valence-corrected chi connectivity index (χ0v) is 11.5. The molecule has 20 heavy (non-hydrogen) atoms. The zero-order chi connectivity index (χ0) is 14.8. The van der Waals surface area contributed by atoms with E-state index in [1.54, 1.807) is 11.7 Å². The van der Waals surface area contributed by atoms with E-state index < -0.39 is 12.6 Å². The summed E-state index contributed by atoms with van der Waals surface area (Å²) in [6.07, 6.45) is -4.95. The lowest BCUT2D eigenvalue weighted by Crippen LogP contribution is -2.23. The summed E-state index contributed by atoms with van der Waals surface area (Å²) in [6, 6.07) is 7.20. The first kappa shape index (κ1) is 14.8. The first-order chi connectivity index (χ1) is 9.42. The van der Waals surface area contributed by atoms with Gasteiger partial charge in [-0.25, -0.2) is 0 Å². The van der Waals surface area contributed by atoms with Crippen LogP contribution in [0, 0.1) is 0 Å². The molecule has 0 aliphatic rings. The standard InChI is InChI=1S/C14H18F3N3/c1-3-18-11(8-9-14(15,16)17)13-10-6-4-5-7-12(10)20(2)19-13/h4-7,11,18H,3,8-9H2,1-2H3. The molecule has 3 nitrogen and oxygen atoms in total. The van der Waals surface area contributed by atoms with Gasteiger partial charge in [-0.15, -0.1) is 0 Å². The third-order valence-corrected chi connectivity index (χ3v) is 3.28. The van der Waals surface area contributed by atoms with E-state index in [4.69, 9.17) is 0 Å². The van der Waals surface area contributed by atoms with Crippen LogP contribution in [0.5, 0.6) is 0 Å². The topological polar surface area (TPSA) is 29.9 Å². The molecule has 110 valence electrons. The van der Waals surface area contributed by atoms with E-state index in [1.165, 1.54) is 0 Å². The third-order valence-electron chi connectivity index (χ3n) is 3.28. The van der Waals surface area contributed by atoms with Crippen molar-refractivity contribution in [3.63, 3.8) is 0 Å². The van der Waals surface area contributed by atoms with E-state index in [1.807, 2.05) is 31.2 Å². The molecule has 0 saturated heterocycles. The minimum atomic E-state index is -4.14. The Labute approximate surface area is 115 Å². The Morgan fingerprint density at radius 3 is 2.65 bits per heavy atom. The molecular formula is C14H18F3N3. The zero-order valence-electron chi connectivity index (χ0n) is 11.5. The van der Waals surface area contributed by atoms with Crippen molar-refractivity contribution >= 4 is 10.9 Å². The largest absolute Gasteiger partial charge is 0.389 e. The molecule has 0 bridgehead atoms. The lowest BCUT2D eigenvalue weighted by Gasteiger charge is -2.17. The van der Waals surface area contributed by atoms with Crippen molar-refractivity contribution in [1.29, 1.82) is 0 Å². The van der Waals surface area contributed by atoms with Crippen molar-refractivity contribution in [1.82, 2.24) is 15.1 Å². The quantitative estimate of drug-likeness (QED) is 0.910. The SMILES string of the molecule is CCNC(CCC(F)(F)F)c1nn(C)c2ccccc12. The lowest BCUT2D eigenvalue weighted by atomic mass is 10.0. The Bertz CT molecular complexity index is 575. The second kappa shape index (κ2) is 5.83. The van der Waals surface area contributed by atoms with Gasteiger partial charge in [0.2, 0.25) is 0 Å². The summed E-state index contributed by atoms with van der Waals surface area (Å²) in [5, 5.41) is 8.40. The van der Waals surface area contributed by atoms with Crippen LogP contribution in [0.15, 0.2) is 24.3 Å². The highest BCUT2D eigenvalue weighted by atomic mass is 19.4. The van der Waals surface area contributed by atoms with Crippen LogP contribution in [0.2, 0.25) is 0 Å². The maximum atomic E-state index is 12.4. The number of benzene rings is 1. The average Bonchev–Trinajstić information content (AvgIpc) is 2.72. The van der Waals surface area contributed by atoms with Gasteiger partial charge in [0.15, 0.2) is 0 Å². The molecule has 1 aromatic heterocycles. The summed E-state index contributed by atoms with van der Waals surface area (Å²) in [7, 11) is 1.80. The number of aromatic nitrogens is 2. The van der Waals surface area contributed by atoms with E-state index in [0.29, 0.717) is 12.2 Å². The van der Waals surface area contributed by atoms with Crippen LogP contribution in [0.4, 0.5) is 13.2 Å². The summed E-state index contributed by atoms with van der Waals surface area (Å²) in [4.78, 5) is 0. The predicted molar refractivity (Wildman–Crippen MR) is 72.4 cm³/mol. The Morgan fingerprint density at radius 2 is 2.00 bits per heavy atom. The molecule has 1 heterocycles. The van der Waals surface area contributed by atoms with Crippen LogP contribution in [0.3, 0.4) is 0 Å². The van der Waals surface area contributed by atoms with Crippen LogP contribution in [-0.2, 0) is 7.05 Å². The fourth-order valence-electron chi connectivity index (χ4n) is 2.39. The molecule has 0 aliphatic heterocycles. The maximum absolute atomic E-state index is 12.4. The molecule has 2 rings (SSSR count). The molecule has 0 amide bonds. The van der Waals surface area contributed by atoms with Gasteiger partial charge in [-0.05, 0) is 19.0 Å². The highest BCUT2D eigenvalue weighted by molar-refractivity contribution is 5.82. The van der Waals surface area contributed by atoms with Crippen LogP contribution >= 0.6 is 0 Å². The fourth-order valence-corrected chi connectivity index (χ4v) is 2.39. The van der Waals surface area contributed by atoms with Crippen LogP contribution < -0.4 is 5.32 Å². The van der Waals surface area contributed by atoms with E-state index in [9.17, 15) is 13.2 Å². The molecule has 1 N–H and O–H groups in total. The smallest absolute Gasteiger partial charge is 0.309 e. The number of hydrogen-bond acceptors (Lipinski definition) is 2. The van der Waals surface area contributed by atoms with Gasteiger partial charge in [0.05, 0.1) is 17.3 Å². The van der Waals surface area contributed by atoms with Crippen LogP contribution in [0.1, 0.15) is 31.5 Å². The molecule has 0 aliphatic carbocycles. The Balaban J connectivity index is 2.31. The first-order valence-electron chi connectivity index (χ1n) is 6.64. The number of nitrogens with zero attached hydrogens (tertiary/aromatic N) is 2. The Hall–Kier alpha value is -1.56. The van der Waals surface area contributed by atoms with Gasteiger partial charge in [0.25, 0.3) is 0 Å². The molecule has 1 unspecified atom stereocenters. The molecular weight excluding hydrogens is 267 g/mol. The number of halogens is 3. The van der Waals surface area contributed by atoms with Gasteiger partial charge in [0.1, 0.15) is 0 Å². The summed E-state index contributed by atoms with van der Waals surface area (Å²) >= 11 is 0. The summed E-state index contributed by atoms with van der Waals surface area (Å²) < 4.78 is 39.0. The summed E-state index contributed by atoms with van der Waals surface area (Å²) in [5.74, 6) is 0. The second-order valence-corrected chi connectivity index (χ2v) is 4.79. The number of alkyl halides is 3. The first-order valence-corrected chi connectivity index (χ1v) is 6.64. The average molecular weight is 285 g/mol. The lowest BCUT2D eigenvalue weighted by molar-refractivity contribution is -0.136. The molecule has 2 aromatic rings. The number of nitrogens with one attached hydrogen (secondary N) is 1. The molecule has 0 radical (unpaired) electrons. The van der Waals surface area contributed by atoms with Gasteiger partial charge >= 0.3 is 6.18 Å². The molecule has 1 aromatic carbocycles. The minimum Gasteiger partial charge on any atom is -0.309 e. The van der Waals surface area contributed by atoms with Crippen LogP contribution in [0.25, 0.3) is 10.9 Å². The van der Waals surface area contributed by atoms with Gasteiger partial charge in [-0.2, -0.15) is 18.3 Å². The molecule has 1 atom stereocenters. The van der Waals surface area contributed by atoms with Crippen LogP contribution in [-0.4, -0.2) is 22.5 Å². The number of hydrogen-bond donors (Lipinski definition) is 1. The van der Waals surface area contributed by atoms with Gasteiger partial charge in [0, 0.05) is 18.9 Å². The highest BCUT2D eigenvalue weighted by Crippen LogP contribution is 2.30. The molecule has 6 heteroatoms. The molecule has 0 saturated carbocycles. The number of aryl methyl sites for hydroxylation is 1. The second-order valence-electron chi connectivity index (χ2n) is 4.79. The highest BCUT2D eigenvalue weighted by Gasteiger charge is 2.29. The monoisotopic (exact) mass is 285 g/mol. The summed E-state index contributed by atoms with van der Waals surface area (Å²) in [6.45, 7) is 2.49. The Kier molecular flexibility index (Phi) is 4.32. The van der Waals surface area contributed by atoms with E-state index in [2.05, 4.69) is 10.4 Å². The number of para-hydroxylation sites is 1. The van der Waals surface area contributed by atoms with Crippen molar-refractivity contribution in [2.45, 2.75) is 32.0 Å². The normalized spacial score (nSPS) is 13.8. The summed E-state index contributed by atoms with van der Waals surface area (Å²) in [5.41, 5.74) is 1.62. The van der Waals surface area contributed by atoms with Crippen molar-refractivity contribution < 1.29 is 13.2 Å². The molecule has 0 fully saturated rings. The fraction of sp³-hybridized carbons (Fsp3) is 0.500. The molecule has 0 spiro atoms. The van der Waals surface area contributed by atoms with Crippen molar-refractivity contribution in [2.75, 3.05) is 6.54 Å². The predicted octanol–water partition coefficient (Wildman–Crippen LogP) is 3.57. The van der Waals surface area contributed by atoms with Gasteiger partial charge in [-0.1, -0.05) is 25.1 Å².